The first-order valence-electron chi connectivity index (χ1n) is 32.9. The molecule has 4 N–H and O–H groups in total. The van der Waals surface area contributed by atoms with Gasteiger partial charge in [-0.05, 0) is 110 Å². The molecular formula is C75H58Cl3F12N9O10P+. The van der Waals surface area contributed by atoms with Crippen LogP contribution in [0.5, 0.6) is 17.2 Å². The molecule has 0 unspecified atom stereocenters. The maximum Gasteiger partial charge on any atom is 0.715 e. The van der Waals surface area contributed by atoms with Crippen LogP contribution in [0, 0.1) is 69.8 Å². The van der Waals surface area contributed by atoms with Gasteiger partial charge >= 0.3 is 26.3 Å². The third kappa shape index (κ3) is 15.4. The summed E-state index contributed by atoms with van der Waals surface area (Å²) in [6.07, 6.45) is 0. The van der Waals surface area contributed by atoms with E-state index in [1.807, 2.05) is 0 Å². The van der Waals surface area contributed by atoms with E-state index in [-0.39, 0.29) is 33.8 Å². The highest BCUT2D eigenvalue weighted by Gasteiger charge is 2.53. The molecule has 0 bridgehead atoms. The van der Waals surface area contributed by atoms with Crippen LogP contribution >= 0.6 is 43.0 Å². The van der Waals surface area contributed by atoms with Gasteiger partial charge in [-0.3, -0.25) is 29.1 Å². The second-order valence-corrected chi connectivity index (χ2v) is 28.3. The van der Waals surface area contributed by atoms with Crippen LogP contribution in [0.15, 0.2) is 127 Å². The first-order valence-corrected chi connectivity index (χ1v) is 35.6. The van der Waals surface area contributed by atoms with Crippen LogP contribution in [-0.2, 0) is 39.3 Å². The van der Waals surface area contributed by atoms with Gasteiger partial charge in [0.2, 0.25) is 17.2 Å². The van der Waals surface area contributed by atoms with E-state index in [2.05, 4.69) is 16.0 Å². The fourth-order valence-corrected chi connectivity index (χ4v) is 14.8. The van der Waals surface area contributed by atoms with Crippen molar-refractivity contribution in [2.75, 3.05) is 35.8 Å². The second kappa shape index (κ2) is 31.2. The standard InChI is InChI=1S/C75H57Cl3F12N9O10P/c1-34-43-10-7-37(70(100)91-28-46-55(85)22-40(79)23-56(46)86)19-61(43)97(73(103)94(34)4)31-49-52(82)13-16-64(67(49)76)107-110(106,108-65-17-14-53(83)50(68(65)77)32-98-62-20-38(8-11-44(62)35(2)95(5)74(98)104)71(101)92-29-47-57(87)24-41(80)25-58(47)88)109-66-18-15-54(84)51(69(66)78)33-99-63-21-39(9-12-45(63)36(3)96(6)75(99)105)72(102)93-30-48-59(89)26-42(81)27-60(48)90/h7-27,34-36,106H,28-33H2,1-6H3,(H2-,91,92,93,100,101,102)/p+1/t34-,35-,36-/m0/s1. The Bertz CT molecular complexity index is 4750. The normalized spacial score (nSPS) is 15.5. The van der Waals surface area contributed by atoms with Crippen LogP contribution in [-0.4, -0.2) is 76.6 Å². The summed E-state index contributed by atoms with van der Waals surface area (Å²) in [5, 5.41) is 4.90. The molecule has 0 aliphatic carbocycles. The zero-order valence-electron chi connectivity index (χ0n) is 58.0. The number of fused-ring (bicyclic) bond motifs is 3. The average molecular weight is 1610 g/mol. The molecule has 3 atom stereocenters. The number of nitrogens with zero attached hydrogens (tertiary/aromatic N) is 6. The summed E-state index contributed by atoms with van der Waals surface area (Å²) in [5.74, 6) is -19.6. The fourth-order valence-electron chi connectivity index (χ4n) is 12.6. The highest BCUT2D eigenvalue weighted by molar-refractivity contribution is 7.56. The molecule has 0 radical (unpaired) electrons. The van der Waals surface area contributed by atoms with Gasteiger partial charge in [0.25, 0.3) is 17.7 Å². The molecule has 3 aliphatic heterocycles. The molecule has 0 spiro atoms. The van der Waals surface area contributed by atoms with E-state index in [9.17, 15) is 73.2 Å². The average Bonchev–Trinajstić information content (AvgIpc) is 0.765. The van der Waals surface area contributed by atoms with Gasteiger partial charge in [0, 0.05) is 127 Å². The Labute approximate surface area is 633 Å². The molecule has 3 heterocycles. The minimum absolute atomic E-state index is 0.000300. The molecule has 0 saturated carbocycles. The van der Waals surface area contributed by atoms with Gasteiger partial charge in [0.15, 0.2) is 0 Å². The predicted molar refractivity (Wildman–Crippen MR) is 380 cm³/mol. The van der Waals surface area contributed by atoms with Gasteiger partial charge in [-0.2, -0.15) is 0 Å². The second-order valence-electron chi connectivity index (χ2n) is 25.6. The molecule has 9 aromatic carbocycles. The lowest BCUT2D eigenvalue weighted by atomic mass is 9.98. The summed E-state index contributed by atoms with van der Waals surface area (Å²) in [4.78, 5) is 104. The van der Waals surface area contributed by atoms with Crippen LogP contribution in [0.2, 0.25) is 15.1 Å². The third-order valence-corrected chi connectivity index (χ3v) is 21.6. The van der Waals surface area contributed by atoms with Crippen molar-refractivity contribution in [3.05, 3.63) is 279 Å². The number of anilines is 3. The minimum Gasteiger partial charge on any atom is -0.348 e. The van der Waals surface area contributed by atoms with Crippen molar-refractivity contribution in [3.8, 4) is 17.2 Å². The summed E-state index contributed by atoms with van der Waals surface area (Å²) in [7, 11) is -1.35. The predicted octanol–water partition coefficient (Wildman–Crippen LogP) is 17.7. The summed E-state index contributed by atoms with van der Waals surface area (Å²) in [6, 6.07) is 15.1. The van der Waals surface area contributed by atoms with Gasteiger partial charge in [0.1, 0.15) is 69.8 Å². The number of hydrogen-bond acceptors (Lipinski definition) is 10. The number of carbonyl (C=O) groups excluding carboxylic acids is 6. The van der Waals surface area contributed by atoms with Crippen LogP contribution in [0.4, 0.5) is 84.1 Å². The van der Waals surface area contributed by atoms with Crippen LogP contribution < -0.4 is 44.2 Å². The molecule has 3 aliphatic rings. The van der Waals surface area contributed by atoms with Gasteiger partial charge in [-0.25, -0.2) is 80.6 Å². The van der Waals surface area contributed by atoms with Gasteiger partial charge < -0.3 is 30.7 Å². The van der Waals surface area contributed by atoms with Gasteiger partial charge in [-0.15, -0.1) is 4.89 Å². The van der Waals surface area contributed by atoms with Crippen molar-refractivity contribution in [1.29, 1.82) is 0 Å². The molecule has 110 heavy (non-hydrogen) atoms. The Hall–Kier alpha value is -11.0. The van der Waals surface area contributed by atoms with E-state index < -0.39 is 237 Å². The number of urea groups is 3. The lowest BCUT2D eigenvalue weighted by Crippen LogP contribution is -2.46. The maximum atomic E-state index is 16.7. The number of benzene rings is 9. The first kappa shape index (κ1) is 78.6. The zero-order valence-corrected chi connectivity index (χ0v) is 61.2. The van der Waals surface area contributed by atoms with E-state index in [1.165, 1.54) is 90.4 Å². The van der Waals surface area contributed by atoms with E-state index >= 15 is 13.2 Å². The molecule has 9 aromatic rings. The minimum atomic E-state index is -5.58. The maximum absolute atomic E-state index is 16.7. The van der Waals surface area contributed by atoms with Crippen molar-refractivity contribution >= 4 is 95.9 Å². The Kier molecular flexibility index (Phi) is 22.3. The summed E-state index contributed by atoms with van der Waals surface area (Å²) < 4.78 is 198. The summed E-state index contributed by atoms with van der Waals surface area (Å²) in [5.41, 5.74) is -3.04. The topological polar surface area (TPSA) is 206 Å². The molecule has 35 heteroatoms. The first-order chi connectivity index (χ1) is 52.0. The highest BCUT2D eigenvalue weighted by Crippen LogP contribution is 2.61. The van der Waals surface area contributed by atoms with Crippen molar-refractivity contribution in [1.82, 2.24) is 30.7 Å². The molecule has 0 aromatic heterocycles. The SMILES string of the molecule is C[C@H]1c2ccc(C(=O)NCc3c(F)cc(F)cc3F)cc2N(Cc2c(F)ccc(O[P+](O)(Oc3ccc(F)c(CN4C(=O)N(C)[C@@H](C)c5ccc(C(=O)NCc6c(F)cc(F)cc6F)cc54)c3Cl)Oc3ccc(F)c(CN4C(=O)N(C)[C@@H](C)c5ccc(C(=O)NCc6c(F)cc(F)cc6F)cc54)c3Cl)c2Cl)C(=O)N1C. The molecule has 19 nitrogen and oxygen atoms in total. The quantitative estimate of drug-likeness (QED) is 0.0395. The van der Waals surface area contributed by atoms with Crippen molar-refractivity contribution < 1.29 is 99.9 Å². The number of nitrogens with one attached hydrogen (secondary N) is 3. The van der Waals surface area contributed by atoms with Crippen molar-refractivity contribution in [2.24, 2.45) is 0 Å². The highest BCUT2D eigenvalue weighted by atomic mass is 35.5. The number of halogens is 15. The van der Waals surface area contributed by atoms with Crippen LogP contribution in [0.25, 0.3) is 0 Å². The number of amides is 9. The molecule has 9 amide bonds. The monoisotopic (exact) mass is 1610 g/mol. The van der Waals surface area contributed by atoms with Crippen LogP contribution in [0.3, 0.4) is 0 Å². The summed E-state index contributed by atoms with van der Waals surface area (Å²) >= 11 is 21.2. The van der Waals surface area contributed by atoms with E-state index in [0.717, 1.165) is 51.1 Å². The third-order valence-electron chi connectivity index (χ3n) is 19.1. The Balaban J connectivity index is 0.902. The van der Waals surface area contributed by atoms with E-state index in [0.29, 0.717) is 53.1 Å². The number of carbonyl (C=O) groups is 6. The molecule has 12 rings (SSSR count). The van der Waals surface area contributed by atoms with Crippen molar-refractivity contribution in [2.45, 2.75) is 78.2 Å². The van der Waals surface area contributed by atoms with Crippen molar-refractivity contribution in [3.63, 3.8) is 0 Å². The lowest BCUT2D eigenvalue weighted by molar-refractivity contribution is 0.0942. The fraction of sp³-hybridized carbons (Fsp3) is 0.200. The summed E-state index contributed by atoms with van der Waals surface area (Å²) in [6.45, 7) is 0.251. The Morgan fingerprint density at radius 2 is 0.609 bits per heavy atom. The van der Waals surface area contributed by atoms with Gasteiger partial charge in [0.05, 0.1) is 69.9 Å². The van der Waals surface area contributed by atoms with E-state index in [4.69, 9.17) is 48.4 Å². The van der Waals surface area contributed by atoms with Crippen LogP contribution in [0.1, 0.15) is 120 Å². The number of rotatable bonds is 21. The lowest BCUT2D eigenvalue weighted by Gasteiger charge is -2.40. The largest absolute Gasteiger partial charge is 0.715 e. The van der Waals surface area contributed by atoms with Gasteiger partial charge in [-0.1, -0.05) is 53.0 Å². The Morgan fingerprint density at radius 3 is 0.845 bits per heavy atom. The molecule has 572 valence electrons. The molecule has 0 saturated heterocycles. The smallest absolute Gasteiger partial charge is 0.348 e. The van der Waals surface area contributed by atoms with E-state index in [1.54, 1.807) is 20.8 Å². The molecular weight excluding hydrogens is 1550 g/mol. The zero-order chi connectivity index (χ0) is 79.5. The Morgan fingerprint density at radius 1 is 0.373 bits per heavy atom. The number of hydrogen-bond donors (Lipinski definition) is 4. The molecule has 0 fully saturated rings.